The molecule has 3 heteroatoms. The maximum absolute atomic E-state index is 6.86. The van der Waals surface area contributed by atoms with E-state index >= 15 is 0 Å². The molecule has 0 bridgehead atoms. The van der Waals surface area contributed by atoms with Crippen molar-refractivity contribution in [3.8, 4) is 11.1 Å². The first kappa shape index (κ1) is 30.7. The average molecular weight is 679 g/mol. The first-order chi connectivity index (χ1) is 26.3. The Balaban J connectivity index is 1.31. The molecule has 250 valence electrons. The molecule has 10 rings (SSSR count). The van der Waals surface area contributed by atoms with Crippen molar-refractivity contribution in [2.24, 2.45) is 0 Å². The molecule has 0 radical (unpaired) electrons. The zero-order valence-electron chi connectivity index (χ0n) is 28.9. The van der Waals surface area contributed by atoms with Gasteiger partial charge in [-0.2, -0.15) is 0 Å². The van der Waals surface area contributed by atoms with Gasteiger partial charge in [0, 0.05) is 33.5 Å². The van der Waals surface area contributed by atoms with E-state index in [4.69, 9.17) is 4.42 Å². The molecule has 1 aromatic heterocycles. The fourth-order valence-electron chi connectivity index (χ4n) is 7.71. The second-order valence-electron chi connectivity index (χ2n) is 13.4. The van der Waals surface area contributed by atoms with Crippen molar-refractivity contribution in [1.29, 1.82) is 0 Å². The van der Waals surface area contributed by atoms with Crippen molar-refractivity contribution in [2.45, 2.75) is 0 Å². The first-order valence-electron chi connectivity index (χ1n) is 18.0. The van der Waals surface area contributed by atoms with Gasteiger partial charge in [-0.05, 0) is 94.0 Å². The molecule has 10 aromatic rings. The molecule has 0 spiro atoms. The maximum atomic E-state index is 6.86. The van der Waals surface area contributed by atoms with Crippen LogP contribution < -0.4 is 9.80 Å². The molecule has 0 saturated heterocycles. The Kier molecular flexibility index (Phi) is 7.47. The molecule has 53 heavy (non-hydrogen) atoms. The number of hydrogen-bond donors (Lipinski definition) is 0. The SMILES string of the molecule is c1ccc(-c2ccc(N(c3ccccc3)c3c(N(c4ccccc4)c4ccc5ccccc5c4)ccc4oc5c6ccccc6ccc5c34)cc2)cc1. The Morgan fingerprint density at radius 1 is 0.340 bits per heavy atom. The standard InChI is InChI=1S/C50H34N2O/c1-4-14-35(15-5-1)37-24-28-42(29-25-37)52(41-21-8-3-9-22-41)49-46(32-33-47-48(49)45-31-27-38-17-12-13-23-44(38)50(45)53-47)51(40-19-6-2-7-20-40)43-30-26-36-16-10-11-18-39(36)34-43/h1-34H. The summed E-state index contributed by atoms with van der Waals surface area (Å²) >= 11 is 0. The Morgan fingerprint density at radius 2 is 0.887 bits per heavy atom. The molecule has 0 atom stereocenters. The molecule has 0 amide bonds. The van der Waals surface area contributed by atoms with Crippen molar-refractivity contribution in [3.05, 3.63) is 206 Å². The molecule has 0 N–H and O–H groups in total. The van der Waals surface area contributed by atoms with Gasteiger partial charge < -0.3 is 14.2 Å². The molecule has 0 aliphatic rings. The number of anilines is 6. The van der Waals surface area contributed by atoms with Crippen LogP contribution >= 0.6 is 0 Å². The van der Waals surface area contributed by atoms with E-state index in [1.54, 1.807) is 0 Å². The summed E-state index contributed by atoms with van der Waals surface area (Å²) in [5.74, 6) is 0. The van der Waals surface area contributed by atoms with Crippen LogP contribution in [-0.2, 0) is 0 Å². The van der Waals surface area contributed by atoms with Gasteiger partial charge in [-0.1, -0.05) is 140 Å². The fourth-order valence-corrected chi connectivity index (χ4v) is 7.71. The highest BCUT2D eigenvalue weighted by Gasteiger charge is 2.27. The zero-order valence-corrected chi connectivity index (χ0v) is 28.9. The van der Waals surface area contributed by atoms with Crippen molar-refractivity contribution < 1.29 is 4.42 Å². The third-order valence-electron chi connectivity index (χ3n) is 10.2. The van der Waals surface area contributed by atoms with Gasteiger partial charge >= 0.3 is 0 Å². The summed E-state index contributed by atoms with van der Waals surface area (Å²) in [7, 11) is 0. The maximum Gasteiger partial charge on any atom is 0.143 e. The molecular formula is C50H34N2O. The van der Waals surface area contributed by atoms with Gasteiger partial charge in [0.15, 0.2) is 0 Å². The number of fused-ring (bicyclic) bond motifs is 6. The molecule has 0 aliphatic heterocycles. The molecule has 9 aromatic carbocycles. The van der Waals surface area contributed by atoms with E-state index in [9.17, 15) is 0 Å². The first-order valence-corrected chi connectivity index (χ1v) is 18.0. The van der Waals surface area contributed by atoms with Gasteiger partial charge in [-0.25, -0.2) is 0 Å². The highest BCUT2D eigenvalue weighted by atomic mass is 16.3. The summed E-state index contributed by atoms with van der Waals surface area (Å²) in [5, 5.41) is 6.77. The number of benzene rings is 9. The Morgan fingerprint density at radius 3 is 1.62 bits per heavy atom. The normalized spacial score (nSPS) is 11.4. The number of rotatable bonds is 7. The quantitative estimate of drug-likeness (QED) is 0.167. The predicted octanol–water partition coefficient (Wildman–Crippen LogP) is 14.5. The highest BCUT2D eigenvalue weighted by molar-refractivity contribution is 6.22. The second kappa shape index (κ2) is 12.9. The van der Waals surface area contributed by atoms with E-state index < -0.39 is 0 Å². The van der Waals surface area contributed by atoms with E-state index in [0.29, 0.717) is 0 Å². The van der Waals surface area contributed by atoms with Crippen LogP contribution in [0.25, 0.3) is 54.6 Å². The third-order valence-corrected chi connectivity index (χ3v) is 10.2. The Hall–Kier alpha value is -7.10. The van der Waals surface area contributed by atoms with Crippen LogP contribution in [0.4, 0.5) is 34.1 Å². The van der Waals surface area contributed by atoms with E-state index in [2.05, 4.69) is 216 Å². The van der Waals surface area contributed by atoms with Crippen molar-refractivity contribution in [2.75, 3.05) is 9.80 Å². The van der Waals surface area contributed by atoms with Gasteiger partial charge in [-0.15, -0.1) is 0 Å². The van der Waals surface area contributed by atoms with Crippen LogP contribution in [0.2, 0.25) is 0 Å². The lowest BCUT2D eigenvalue weighted by atomic mass is 10.0. The monoisotopic (exact) mass is 678 g/mol. The number of furan rings is 1. The van der Waals surface area contributed by atoms with Gasteiger partial charge in [0.05, 0.1) is 16.8 Å². The summed E-state index contributed by atoms with van der Waals surface area (Å²) in [6.07, 6.45) is 0. The van der Waals surface area contributed by atoms with Gasteiger partial charge in [0.25, 0.3) is 0 Å². The molecule has 0 fully saturated rings. The topological polar surface area (TPSA) is 19.6 Å². The molecule has 0 saturated carbocycles. The van der Waals surface area contributed by atoms with Gasteiger partial charge in [0.1, 0.15) is 11.2 Å². The smallest absolute Gasteiger partial charge is 0.143 e. The van der Waals surface area contributed by atoms with Gasteiger partial charge in [0.2, 0.25) is 0 Å². The summed E-state index contributed by atoms with van der Waals surface area (Å²) < 4.78 is 6.86. The molecular weight excluding hydrogens is 645 g/mol. The molecule has 3 nitrogen and oxygen atoms in total. The van der Waals surface area contributed by atoms with Crippen LogP contribution in [0.1, 0.15) is 0 Å². The van der Waals surface area contributed by atoms with Gasteiger partial charge in [-0.3, -0.25) is 0 Å². The minimum atomic E-state index is 0.837. The van der Waals surface area contributed by atoms with E-state index in [0.717, 1.165) is 66.8 Å². The summed E-state index contributed by atoms with van der Waals surface area (Å²) in [5.41, 5.74) is 10.4. The number of para-hydroxylation sites is 2. The minimum absolute atomic E-state index is 0.837. The molecule has 0 unspecified atom stereocenters. The Labute approximate surface area is 308 Å². The second-order valence-corrected chi connectivity index (χ2v) is 13.4. The van der Waals surface area contributed by atoms with Crippen molar-refractivity contribution in [3.63, 3.8) is 0 Å². The summed E-state index contributed by atoms with van der Waals surface area (Å²) in [6, 6.07) is 73.4. The summed E-state index contributed by atoms with van der Waals surface area (Å²) in [6.45, 7) is 0. The van der Waals surface area contributed by atoms with Crippen LogP contribution in [-0.4, -0.2) is 0 Å². The fraction of sp³-hybridized carbons (Fsp3) is 0. The molecule has 1 heterocycles. The lowest BCUT2D eigenvalue weighted by Gasteiger charge is -2.34. The Bertz CT molecular complexity index is 2880. The lowest BCUT2D eigenvalue weighted by Crippen LogP contribution is -2.17. The minimum Gasteiger partial charge on any atom is -0.455 e. The highest BCUT2D eigenvalue weighted by Crippen LogP contribution is 2.52. The van der Waals surface area contributed by atoms with E-state index in [1.807, 2.05) is 0 Å². The van der Waals surface area contributed by atoms with Crippen LogP contribution in [0.15, 0.2) is 211 Å². The van der Waals surface area contributed by atoms with Crippen molar-refractivity contribution >= 4 is 77.6 Å². The predicted molar refractivity (Wildman–Crippen MR) is 224 cm³/mol. The largest absolute Gasteiger partial charge is 0.455 e. The summed E-state index contributed by atoms with van der Waals surface area (Å²) in [4.78, 5) is 4.78. The van der Waals surface area contributed by atoms with Crippen LogP contribution in [0.5, 0.6) is 0 Å². The molecule has 0 aliphatic carbocycles. The third kappa shape index (κ3) is 5.38. The average Bonchev–Trinajstić information content (AvgIpc) is 3.62. The van der Waals surface area contributed by atoms with Crippen LogP contribution in [0, 0.1) is 0 Å². The van der Waals surface area contributed by atoms with E-state index in [1.165, 1.54) is 21.9 Å². The zero-order chi connectivity index (χ0) is 35.1. The van der Waals surface area contributed by atoms with E-state index in [-0.39, 0.29) is 0 Å². The van der Waals surface area contributed by atoms with Crippen LogP contribution in [0.3, 0.4) is 0 Å². The number of nitrogens with zero attached hydrogens (tertiary/aromatic N) is 2. The van der Waals surface area contributed by atoms with Crippen molar-refractivity contribution in [1.82, 2.24) is 0 Å². The number of hydrogen-bond acceptors (Lipinski definition) is 3. The lowest BCUT2D eigenvalue weighted by molar-refractivity contribution is 0.672.